The van der Waals surface area contributed by atoms with E-state index >= 15 is 0 Å². The Morgan fingerprint density at radius 1 is 1.15 bits per heavy atom. The molecule has 0 saturated carbocycles. The highest BCUT2D eigenvalue weighted by atomic mass is 32.2. The predicted molar refractivity (Wildman–Crippen MR) is 102 cm³/mol. The first kappa shape index (κ1) is 18.3. The fourth-order valence-corrected chi connectivity index (χ4v) is 3.98. The molecule has 1 heterocycles. The smallest absolute Gasteiger partial charge is 0.247 e. The Kier molecular flexibility index (Phi) is 5.18. The summed E-state index contributed by atoms with van der Waals surface area (Å²) < 4.78 is 31.4. The number of carbonyl (C=O) groups is 1. The van der Waals surface area contributed by atoms with Crippen LogP contribution in [0.5, 0.6) is 5.75 Å². The van der Waals surface area contributed by atoms with E-state index in [0.29, 0.717) is 24.6 Å². The molecule has 2 aromatic rings. The van der Waals surface area contributed by atoms with E-state index in [0.717, 1.165) is 28.2 Å². The van der Waals surface area contributed by atoms with Crippen LogP contribution in [0.1, 0.15) is 12.5 Å². The maximum Gasteiger partial charge on any atom is 0.247 e. The minimum absolute atomic E-state index is 0.258. The molecule has 2 aromatic carbocycles. The zero-order valence-corrected chi connectivity index (χ0v) is 15.7. The maximum absolute atomic E-state index is 12.9. The third-order valence-corrected chi connectivity index (χ3v) is 5.43. The van der Waals surface area contributed by atoms with E-state index in [2.05, 4.69) is 0 Å². The number of hydrogen-bond donors (Lipinski definition) is 0. The van der Waals surface area contributed by atoms with Gasteiger partial charge < -0.3 is 9.64 Å². The lowest BCUT2D eigenvalue weighted by atomic mass is 10.2. The highest BCUT2D eigenvalue weighted by Gasteiger charge is 2.29. The van der Waals surface area contributed by atoms with Gasteiger partial charge in [0.25, 0.3) is 0 Å². The summed E-state index contributed by atoms with van der Waals surface area (Å²) in [7, 11) is -3.65. The van der Waals surface area contributed by atoms with Crippen molar-refractivity contribution in [2.45, 2.75) is 13.3 Å². The minimum atomic E-state index is -3.65. The van der Waals surface area contributed by atoms with Gasteiger partial charge in [0.2, 0.25) is 15.9 Å². The van der Waals surface area contributed by atoms with Gasteiger partial charge >= 0.3 is 0 Å². The van der Waals surface area contributed by atoms with Gasteiger partial charge in [-0.2, -0.15) is 0 Å². The van der Waals surface area contributed by atoms with Crippen LogP contribution in [0.2, 0.25) is 0 Å². The molecule has 0 aromatic heterocycles. The van der Waals surface area contributed by atoms with E-state index in [1.807, 2.05) is 31.2 Å². The van der Waals surface area contributed by atoms with E-state index in [9.17, 15) is 13.2 Å². The molecule has 1 amide bonds. The third kappa shape index (κ3) is 3.67. The number of sulfonamides is 1. The second-order valence-corrected chi connectivity index (χ2v) is 8.00. The summed E-state index contributed by atoms with van der Waals surface area (Å²) >= 11 is 0. The van der Waals surface area contributed by atoms with E-state index in [1.165, 1.54) is 0 Å². The Labute approximate surface area is 154 Å². The second kappa shape index (κ2) is 7.37. The molecular weight excluding hydrogens is 352 g/mol. The highest BCUT2D eigenvalue weighted by molar-refractivity contribution is 7.92. The van der Waals surface area contributed by atoms with Crippen molar-refractivity contribution in [2.75, 3.05) is 35.2 Å². The van der Waals surface area contributed by atoms with Crippen LogP contribution >= 0.6 is 0 Å². The lowest BCUT2D eigenvalue weighted by Gasteiger charge is -2.26. The second-order valence-electron chi connectivity index (χ2n) is 6.09. The van der Waals surface area contributed by atoms with Crippen LogP contribution in [-0.4, -0.2) is 40.3 Å². The number of fused-ring (bicyclic) bond motifs is 1. The highest BCUT2D eigenvalue weighted by Crippen LogP contribution is 2.31. The molecule has 138 valence electrons. The molecule has 0 N–H and O–H groups in total. The van der Waals surface area contributed by atoms with E-state index in [-0.39, 0.29) is 12.5 Å². The number of anilines is 2. The van der Waals surface area contributed by atoms with Gasteiger partial charge in [0.1, 0.15) is 12.3 Å². The van der Waals surface area contributed by atoms with E-state index in [4.69, 9.17) is 4.74 Å². The van der Waals surface area contributed by atoms with Gasteiger partial charge in [-0.3, -0.25) is 9.10 Å². The van der Waals surface area contributed by atoms with Crippen LogP contribution in [0, 0.1) is 0 Å². The monoisotopic (exact) mass is 374 g/mol. The number of amides is 1. The van der Waals surface area contributed by atoms with Gasteiger partial charge in [0.15, 0.2) is 0 Å². The first-order chi connectivity index (χ1) is 12.4. The van der Waals surface area contributed by atoms with Crippen molar-refractivity contribution in [3.8, 4) is 5.75 Å². The van der Waals surface area contributed by atoms with Crippen molar-refractivity contribution >= 4 is 27.3 Å². The molecule has 0 spiro atoms. The summed E-state index contributed by atoms with van der Waals surface area (Å²) in [5.41, 5.74) is 2.32. The van der Waals surface area contributed by atoms with Crippen LogP contribution in [0.4, 0.5) is 11.4 Å². The molecular formula is C19H22N2O4S. The van der Waals surface area contributed by atoms with Crippen molar-refractivity contribution in [3.63, 3.8) is 0 Å². The minimum Gasteiger partial charge on any atom is -0.492 e. The number of hydrogen-bond acceptors (Lipinski definition) is 4. The lowest BCUT2D eigenvalue weighted by molar-refractivity contribution is -0.117. The largest absolute Gasteiger partial charge is 0.492 e. The zero-order valence-electron chi connectivity index (χ0n) is 14.9. The number of benzene rings is 2. The van der Waals surface area contributed by atoms with Crippen molar-refractivity contribution in [1.82, 2.24) is 0 Å². The van der Waals surface area contributed by atoms with Gasteiger partial charge in [-0.05, 0) is 37.1 Å². The first-order valence-corrected chi connectivity index (χ1v) is 10.3. The Bertz CT molecular complexity index is 911. The Hall–Kier alpha value is -2.54. The van der Waals surface area contributed by atoms with Crippen LogP contribution in [0.25, 0.3) is 0 Å². The molecule has 6 nitrogen and oxygen atoms in total. The first-order valence-electron chi connectivity index (χ1n) is 8.49. The quantitative estimate of drug-likeness (QED) is 0.779. The molecule has 1 aliphatic rings. The lowest BCUT2D eigenvalue weighted by Crippen LogP contribution is -2.42. The molecule has 7 heteroatoms. The van der Waals surface area contributed by atoms with Crippen molar-refractivity contribution in [3.05, 3.63) is 54.1 Å². The summed E-state index contributed by atoms with van der Waals surface area (Å²) in [5, 5.41) is 0. The van der Waals surface area contributed by atoms with Gasteiger partial charge in [0.05, 0.1) is 18.6 Å². The Morgan fingerprint density at radius 2 is 1.85 bits per heavy atom. The summed E-state index contributed by atoms with van der Waals surface area (Å²) in [6.45, 7) is 2.52. The number of nitrogens with zero attached hydrogens (tertiary/aromatic N) is 2. The zero-order chi connectivity index (χ0) is 18.7. The molecule has 0 fully saturated rings. The normalized spacial score (nSPS) is 13.4. The number of carbonyl (C=O) groups excluding carboxylic acids is 1. The summed E-state index contributed by atoms with van der Waals surface area (Å²) in [6, 6.07) is 14.5. The predicted octanol–water partition coefficient (Wildman–Crippen LogP) is 2.44. The number of rotatable bonds is 6. The SMILES string of the molecule is CCOc1ccccc1N(CC(=O)N1CCc2ccccc21)S(C)(=O)=O. The van der Waals surface area contributed by atoms with Gasteiger partial charge in [-0.1, -0.05) is 30.3 Å². The number of ether oxygens (including phenoxy) is 1. The van der Waals surface area contributed by atoms with Crippen LogP contribution in [-0.2, 0) is 21.2 Å². The van der Waals surface area contributed by atoms with Gasteiger partial charge in [-0.15, -0.1) is 0 Å². The molecule has 1 aliphatic heterocycles. The van der Waals surface area contributed by atoms with E-state index < -0.39 is 10.0 Å². The molecule has 0 radical (unpaired) electrons. The average Bonchev–Trinajstić information content (AvgIpc) is 3.04. The molecule has 0 saturated heterocycles. The van der Waals surface area contributed by atoms with Crippen molar-refractivity contribution < 1.29 is 17.9 Å². The fourth-order valence-electron chi connectivity index (χ4n) is 3.13. The molecule has 0 unspecified atom stereocenters. The maximum atomic E-state index is 12.9. The summed E-state index contributed by atoms with van der Waals surface area (Å²) in [5.74, 6) is 0.182. The standard InChI is InChI=1S/C19H22N2O4S/c1-3-25-18-11-7-6-10-17(18)21(26(2,23)24)14-19(22)20-13-12-15-8-4-5-9-16(15)20/h4-11H,3,12-14H2,1-2H3. The van der Waals surface area contributed by atoms with E-state index in [1.54, 1.807) is 29.2 Å². The van der Waals surface area contributed by atoms with Gasteiger partial charge in [0, 0.05) is 12.2 Å². The fraction of sp³-hybridized carbons (Fsp3) is 0.316. The van der Waals surface area contributed by atoms with Crippen LogP contribution in [0.15, 0.2) is 48.5 Å². The molecule has 0 bridgehead atoms. The molecule has 3 rings (SSSR count). The molecule has 26 heavy (non-hydrogen) atoms. The van der Waals surface area contributed by atoms with Crippen molar-refractivity contribution in [1.29, 1.82) is 0 Å². The molecule has 0 atom stereocenters. The van der Waals surface area contributed by atoms with Gasteiger partial charge in [-0.25, -0.2) is 8.42 Å². The Morgan fingerprint density at radius 3 is 2.58 bits per heavy atom. The van der Waals surface area contributed by atoms with Crippen molar-refractivity contribution in [2.24, 2.45) is 0 Å². The summed E-state index contributed by atoms with van der Waals surface area (Å²) in [4.78, 5) is 14.5. The summed E-state index contributed by atoms with van der Waals surface area (Å²) in [6.07, 6.45) is 1.87. The average molecular weight is 374 g/mol. The third-order valence-electron chi connectivity index (χ3n) is 4.30. The topological polar surface area (TPSA) is 66.9 Å². The van der Waals surface area contributed by atoms with Crippen LogP contribution < -0.4 is 13.9 Å². The molecule has 0 aliphatic carbocycles. The van der Waals surface area contributed by atoms with Crippen LogP contribution in [0.3, 0.4) is 0 Å². The Balaban J connectivity index is 1.91. The number of para-hydroxylation sites is 3.